The summed E-state index contributed by atoms with van der Waals surface area (Å²) < 4.78 is 5.58. The smallest absolute Gasteiger partial charge is 0.258 e. The summed E-state index contributed by atoms with van der Waals surface area (Å²) in [5.74, 6) is 0.881. The van der Waals surface area contributed by atoms with Crippen molar-refractivity contribution in [3.05, 3.63) is 64.7 Å². The molecule has 27 heavy (non-hydrogen) atoms. The number of benzene rings is 2. The van der Waals surface area contributed by atoms with Crippen LogP contribution in [0.25, 0.3) is 5.57 Å². The number of likely N-dealkylation sites (N-methyl/N-ethyl adjacent to an activating group) is 1. The summed E-state index contributed by atoms with van der Waals surface area (Å²) in [7, 11) is 3.74. The summed E-state index contributed by atoms with van der Waals surface area (Å²) in [6.45, 7) is 3.07. The third kappa shape index (κ3) is 3.43. The second-order valence-corrected chi connectivity index (χ2v) is 7.28. The third-order valence-electron chi connectivity index (χ3n) is 5.36. The summed E-state index contributed by atoms with van der Waals surface area (Å²) in [6, 6.07) is 11.1. The molecule has 2 aromatic rings. The lowest BCUT2D eigenvalue weighted by molar-refractivity contribution is 0.0764. The molecule has 2 aromatic carbocycles. The molecule has 2 aliphatic rings. The van der Waals surface area contributed by atoms with Gasteiger partial charge in [-0.05, 0) is 60.0 Å². The van der Waals surface area contributed by atoms with E-state index in [2.05, 4.69) is 24.1 Å². The van der Waals surface area contributed by atoms with Crippen LogP contribution in [-0.4, -0.2) is 48.1 Å². The first kappa shape index (κ1) is 17.6. The second-order valence-electron chi connectivity index (χ2n) is 7.28. The Balaban J connectivity index is 1.62. The molecule has 5 heteroatoms. The minimum Gasteiger partial charge on any atom is -0.508 e. The van der Waals surface area contributed by atoms with E-state index in [4.69, 9.17) is 4.74 Å². The Hall–Kier alpha value is -2.79. The lowest BCUT2D eigenvalue weighted by Gasteiger charge is -2.22. The quantitative estimate of drug-likeness (QED) is 0.905. The van der Waals surface area contributed by atoms with Crippen molar-refractivity contribution in [3.8, 4) is 11.5 Å². The second kappa shape index (κ2) is 7.08. The minimum atomic E-state index is -0.00108. The van der Waals surface area contributed by atoms with Gasteiger partial charge in [0, 0.05) is 26.2 Å². The molecule has 140 valence electrons. The summed E-state index contributed by atoms with van der Waals surface area (Å²) >= 11 is 0. The molecule has 4 rings (SSSR count). The number of carbonyl (C=O) groups excluding carboxylic acids is 1. The van der Waals surface area contributed by atoms with Crippen LogP contribution in [0.1, 0.15) is 33.5 Å². The summed E-state index contributed by atoms with van der Waals surface area (Å²) in [4.78, 5) is 17.1. The van der Waals surface area contributed by atoms with Crippen molar-refractivity contribution in [1.82, 2.24) is 9.80 Å². The molecule has 1 N–H and O–H groups in total. The number of hydrogen-bond acceptors (Lipinski definition) is 4. The molecule has 2 heterocycles. The number of methoxy groups -OCH3 is 1. The predicted molar refractivity (Wildman–Crippen MR) is 105 cm³/mol. The van der Waals surface area contributed by atoms with Gasteiger partial charge >= 0.3 is 0 Å². The zero-order valence-electron chi connectivity index (χ0n) is 15.7. The highest BCUT2D eigenvalue weighted by molar-refractivity contribution is 6.01. The standard InChI is InChI=1S/C22H24N2O3/c1-23-9-7-16(8-10-23)17-11-18-14-24(13-15-3-5-19(25)6-4-15)22(26)21(18)20(12-17)27-2/h3-7,11-12,25H,8-10,13-14H2,1-2H3. The zero-order chi connectivity index (χ0) is 19.0. The molecule has 5 nitrogen and oxygen atoms in total. The third-order valence-corrected chi connectivity index (χ3v) is 5.36. The van der Waals surface area contributed by atoms with Gasteiger partial charge in [-0.15, -0.1) is 0 Å². The van der Waals surface area contributed by atoms with Gasteiger partial charge in [-0.1, -0.05) is 18.2 Å². The molecule has 0 aromatic heterocycles. The van der Waals surface area contributed by atoms with Crippen LogP contribution in [0.4, 0.5) is 0 Å². The maximum atomic E-state index is 13.0. The van der Waals surface area contributed by atoms with Crippen molar-refractivity contribution in [2.45, 2.75) is 19.5 Å². The highest BCUT2D eigenvalue weighted by Crippen LogP contribution is 2.36. The van der Waals surface area contributed by atoms with Gasteiger partial charge in [-0.25, -0.2) is 0 Å². The lowest BCUT2D eigenvalue weighted by Crippen LogP contribution is -2.23. The highest BCUT2D eigenvalue weighted by Gasteiger charge is 2.31. The molecule has 0 radical (unpaired) electrons. The SMILES string of the molecule is COc1cc(C2=CCN(C)CC2)cc2c1C(=O)N(Cc1ccc(O)cc1)C2. The number of phenolic OH excluding ortho intramolecular Hbond substituents is 1. The van der Waals surface area contributed by atoms with Crippen molar-refractivity contribution in [1.29, 1.82) is 0 Å². The highest BCUT2D eigenvalue weighted by atomic mass is 16.5. The fraction of sp³-hybridized carbons (Fsp3) is 0.318. The van der Waals surface area contributed by atoms with Crippen LogP contribution in [0.3, 0.4) is 0 Å². The number of fused-ring (bicyclic) bond motifs is 1. The Morgan fingerprint density at radius 2 is 1.96 bits per heavy atom. The maximum absolute atomic E-state index is 13.0. The molecule has 1 amide bonds. The van der Waals surface area contributed by atoms with E-state index >= 15 is 0 Å². The monoisotopic (exact) mass is 364 g/mol. The van der Waals surface area contributed by atoms with Crippen molar-refractivity contribution in [2.24, 2.45) is 0 Å². The molecule has 0 bridgehead atoms. The first-order valence-electron chi connectivity index (χ1n) is 9.21. The molecule has 0 fully saturated rings. The van der Waals surface area contributed by atoms with Crippen LogP contribution in [0.2, 0.25) is 0 Å². The molecule has 2 aliphatic heterocycles. The van der Waals surface area contributed by atoms with E-state index in [-0.39, 0.29) is 11.7 Å². The van der Waals surface area contributed by atoms with Crippen LogP contribution in [0.5, 0.6) is 11.5 Å². The van der Waals surface area contributed by atoms with Gasteiger partial charge in [0.15, 0.2) is 0 Å². The normalized spacial score (nSPS) is 17.0. The Morgan fingerprint density at radius 3 is 2.63 bits per heavy atom. The van der Waals surface area contributed by atoms with Crippen LogP contribution < -0.4 is 4.74 Å². The summed E-state index contributed by atoms with van der Waals surface area (Å²) in [5.41, 5.74) is 5.16. The Bertz CT molecular complexity index is 903. The number of aromatic hydroxyl groups is 1. The topological polar surface area (TPSA) is 53.0 Å². The average molecular weight is 364 g/mol. The van der Waals surface area contributed by atoms with E-state index in [1.54, 1.807) is 19.2 Å². The van der Waals surface area contributed by atoms with Crippen molar-refractivity contribution < 1.29 is 14.6 Å². The van der Waals surface area contributed by atoms with Crippen LogP contribution in [-0.2, 0) is 13.1 Å². The number of nitrogens with zero attached hydrogens (tertiary/aromatic N) is 2. The summed E-state index contributed by atoms with van der Waals surface area (Å²) in [6.07, 6.45) is 3.26. The maximum Gasteiger partial charge on any atom is 0.258 e. The Kier molecular flexibility index (Phi) is 4.62. The molecule has 0 saturated carbocycles. The van der Waals surface area contributed by atoms with E-state index in [9.17, 15) is 9.90 Å². The van der Waals surface area contributed by atoms with E-state index in [1.165, 1.54) is 5.57 Å². The molecule has 0 saturated heterocycles. The number of amides is 1. The molecule has 0 atom stereocenters. The van der Waals surface area contributed by atoms with E-state index < -0.39 is 0 Å². The summed E-state index contributed by atoms with van der Waals surface area (Å²) in [5, 5.41) is 9.45. The fourth-order valence-corrected chi connectivity index (χ4v) is 3.80. The van der Waals surface area contributed by atoms with Crippen molar-refractivity contribution in [3.63, 3.8) is 0 Å². The van der Waals surface area contributed by atoms with Gasteiger partial charge in [0.05, 0.1) is 12.7 Å². The van der Waals surface area contributed by atoms with Crippen LogP contribution in [0.15, 0.2) is 42.5 Å². The van der Waals surface area contributed by atoms with Gasteiger partial charge in [0.2, 0.25) is 0 Å². The first-order chi connectivity index (χ1) is 13.0. The molecule has 0 aliphatic carbocycles. The number of carbonyl (C=O) groups is 1. The van der Waals surface area contributed by atoms with Gasteiger partial charge in [0.25, 0.3) is 5.91 Å². The van der Waals surface area contributed by atoms with Gasteiger partial charge in [-0.2, -0.15) is 0 Å². The van der Waals surface area contributed by atoms with Crippen molar-refractivity contribution in [2.75, 3.05) is 27.2 Å². The zero-order valence-corrected chi connectivity index (χ0v) is 15.7. The average Bonchev–Trinajstić information content (AvgIpc) is 2.99. The van der Waals surface area contributed by atoms with E-state index in [1.807, 2.05) is 23.1 Å². The Labute approximate surface area is 159 Å². The lowest BCUT2D eigenvalue weighted by atomic mass is 9.95. The fourth-order valence-electron chi connectivity index (χ4n) is 3.80. The van der Waals surface area contributed by atoms with E-state index in [0.717, 1.165) is 36.2 Å². The van der Waals surface area contributed by atoms with Gasteiger partial charge in [-0.3, -0.25) is 4.79 Å². The van der Waals surface area contributed by atoms with E-state index in [0.29, 0.717) is 24.4 Å². The van der Waals surface area contributed by atoms with Gasteiger partial charge < -0.3 is 19.6 Å². The minimum absolute atomic E-state index is 0.00108. The predicted octanol–water partition coefficient (Wildman–Crippen LogP) is 3.28. The number of rotatable bonds is 4. The number of ether oxygens (including phenoxy) is 1. The van der Waals surface area contributed by atoms with Crippen LogP contribution >= 0.6 is 0 Å². The van der Waals surface area contributed by atoms with Crippen molar-refractivity contribution >= 4 is 11.5 Å². The number of hydrogen-bond donors (Lipinski definition) is 1. The molecule has 0 spiro atoms. The Morgan fingerprint density at radius 1 is 1.19 bits per heavy atom. The molecular formula is C22H24N2O3. The molecular weight excluding hydrogens is 340 g/mol. The van der Waals surface area contributed by atoms with Gasteiger partial charge in [0.1, 0.15) is 11.5 Å². The van der Waals surface area contributed by atoms with Crippen LogP contribution in [0, 0.1) is 0 Å². The largest absolute Gasteiger partial charge is 0.508 e. The first-order valence-corrected chi connectivity index (χ1v) is 9.21. The number of phenols is 1. The molecule has 0 unspecified atom stereocenters.